The molecule has 1 heterocycles. The molecule has 2 unspecified atom stereocenters. The summed E-state index contributed by atoms with van der Waals surface area (Å²) in [6, 6.07) is 10.9. The Labute approximate surface area is 159 Å². The van der Waals surface area contributed by atoms with Crippen LogP contribution in [-0.2, 0) is 9.59 Å². The van der Waals surface area contributed by atoms with Crippen molar-refractivity contribution < 1.29 is 24.9 Å². The van der Waals surface area contributed by atoms with Crippen LogP contribution in [0.2, 0.25) is 0 Å². The lowest BCUT2D eigenvalue weighted by molar-refractivity contribution is -0.157. The number of aliphatic hydroxyl groups is 1. The Morgan fingerprint density at radius 3 is 2.22 bits per heavy atom. The second kappa shape index (κ2) is 8.97. The summed E-state index contributed by atoms with van der Waals surface area (Å²) in [7, 11) is 2.21. The third-order valence-electron chi connectivity index (χ3n) is 5.33. The molecule has 0 amide bonds. The van der Waals surface area contributed by atoms with E-state index in [0.29, 0.717) is 0 Å². The molecule has 2 atom stereocenters. The van der Waals surface area contributed by atoms with E-state index in [2.05, 4.69) is 42.3 Å². The van der Waals surface area contributed by atoms with Crippen molar-refractivity contribution >= 4 is 11.9 Å². The van der Waals surface area contributed by atoms with E-state index < -0.39 is 23.5 Å². The van der Waals surface area contributed by atoms with E-state index in [0.717, 1.165) is 12.0 Å². The zero-order chi connectivity index (χ0) is 20.0. The molecule has 6 nitrogen and oxygen atoms in total. The maximum atomic E-state index is 10.7. The van der Waals surface area contributed by atoms with E-state index in [-0.39, 0.29) is 5.57 Å². The van der Waals surface area contributed by atoms with Gasteiger partial charge >= 0.3 is 11.9 Å². The summed E-state index contributed by atoms with van der Waals surface area (Å²) in [5.41, 5.74) is -0.712. The van der Waals surface area contributed by atoms with E-state index in [9.17, 15) is 14.7 Å². The molecule has 0 bridgehead atoms. The van der Waals surface area contributed by atoms with E-state index >= 15 is 0 Å². The van der Waals surface area contributed by atoms with Crippen molar-refractivity contribution in [2.24, 2.45) is 5.92 Å². The van der Waals surface area contributed by atoms with Crippen molar-refractivity contribution in [2.75, 3.05) is 20.1 Å². The van der Waals surface area contributed by atoms with Crippen molar-refractivity contribution in [3.05, 3.63) is 59.7 Å². The molecule has 3 rings (SSSR count). The fraction of sp³-hybridized carbons (Fsp3) is 0.429. The zero-order valence-electron chi connectivity index (χ0n) is 15.7. The van der Waals surface area contributed by atoms with Crippen molar-refractivity contribution in [1.29, 1.82) is 0 Å². The highest BCUT2D eigenvalue weighted by atomic mass is 16.4. The van der Waals surface area contributed by atoms with Gasteiger partial charge in [-0.25, -0.2) is 9.59 Å². The van der Waals surface area contributed by atoms with Crippen LogP contribution in [0.5, 0.6) is 0 Å². The number of nitrogens with zero attached hydrogens (tertiary/aromatic N) is 1. The SMILES string of the molecule is CC1C(C(=O)O)=CC=CC1(O)C(=O)O.CN1CCC(c2ccccc2)CC1. The van der Waals surface area contributed by atoms with Crippen LogP contribution in [0, 0.1) is 5.92 Å². The van der Waals surface area contributed by atoms with Gasteiger partial charge in [-0.1, -0.05) is 49.4 Å². The number of carboxylic acid groups (broad SMARTS) is 2. The maximum absolute atomic E-state index is 10.7. The van der Waals surface area contributed by atoms with Gasteiger partial charge in [0.1, 0.15) is 0 Å². The van der Waals surface area contributed by atoms with E-state index in [4.69, 9.17) is 10.2 Å². The summed E-state index contributed by atoms with van der Waals surface area (Å²) in [5, 5.41) is 27.1. The summed E-state index contributed by atoms with van der Waals surface area (Å²) >= 11 is 0. The maximum Gasteiger partial charge on any atom is 0.340 e. The highest BCUT2D eigenvalue weighted by Crippen LogP contribution is 2.30. The van der Waals surface area contributed by atoms with Crippen LogP contribution < -0.4 is 0 Å². The molecule has 27 heavy (non-hydrogen) atoms. The molecule has 1 aliphatic heterocycles. The molecule has 0 radical (unpaired) electrons. The Kier molecular flexibility index (Phi) is 6.93. The molecular weight excluding hydrogens is 346 g/mol. The van der Waals surface area contributed by atoms with Gasteiger partial charge in [-0.2, -0.15) is 0 Å². The van der Waals surface area contributed by atoms with Crippen molar-refractivity contribution in [1.82, 2.24) is 4.90 Å². The van der Waals surface area contributed by atoms with E-state index in [1.54, 1.807) is 0 Å². The van der Waals surface area contributed by atoms with Crippen LogP contribution in [0.25, 0.3) is 0 Å². The summed E-state index contributed by atoms with van der Waals surface area (Å²) in [4.78, 5) is 23.8. The normalized spacial score (nSPS) is 25.9. The number of rotatable bonds is 3. The highest BCUT2D eigenvalue weighted by Gasteiger charge is 2.44. The minimum atomic E-state index is -2.12. The molecule has 1 aliphatic carbocycles. The first kappa shape index (κ1) is 20.9. The molecule has 1 saturated heterocycles. The predicted octanol–water partition coefficient (Wildman–Crippen LogP) is 2.51. The van der Waals surface area contributed by atoms with Gasteiger partial charge in [0.2, 0.25) is 0 Å². The molecule has 1 aromatic rings. The second-order valence-electron chi connectivity index (χ2n) is 7.13. The standard InChI is InChI=1S/C12H17N.C9H10O5/c1-13-9-7-12(8-10-13)11-5-3-2-4-6-11;1-5-6(7(10)11)3-2-4-9(5,14)8(12)13/h2-6,12H,7-10H2,1H3;2-5,14H,1H3,(H,10,11)(H,12,13). The number of aliphatic carboxylic acids is 2. The number of allylic oxidation sites excluding steroid dienone is 2. The minimum absolute atomic E-state index is 0.114. The summed E-state index contributed by atoms with van der Waals surface area (Å²) in [6.07, 6.45) is 6.23. The number of likely N-dealkylation sites (tertiary alicyclic amines) is 1. The van der Waals surface area contributed by atoms with Gasteiger partial charge in [0.25, 0.3) is 0 Å². The largest absolute Gasteiger partial charge is 0.479 e. The van der Waals surface area contributed by atoms with Gasteiger partial charge in [0, 0.05) is 11.5 Å². The molecular formula is C21H27NO5. The number of hydrogen-bond acceptors (Lipinski definition) is 4. The monoisotopic (exact) mass is 373 g/mol. The molecule has 146 valence electrons. The Bertz CT molecular complexity index is 719. The third-order valence-corrected chi connectivity index (χ3v) is 5.33. The van der Waals surface area contributed by atoms with E-state index in [1.807, 2.05) is 0 Å². The van der Waals surface area contributed by atoms with Crippen molar-refractivity contribution in [2.45, 2.75) is 31.3 Å². The predicted molar refractivity (Wildman–Crippen MR) is 103 cm³/mol. The van der Waals surface area contributed by atoms with Gasteiger partial charge in [-0.3, -0.25) is 0 Å². The van der Waals surface area contributed by atoms with E-state index in [1.165, 1.54) is 50.6 Å². The van der Waals surface area contributed by atoms with Crippen LogP contribution >= 0.6 is 0 Å². The minimum Gasteiger partial charge on any atom is -0.479 e. The van der Waals surface area contributed by atoms with Crippen LogP contribution in [0.1, 0.15) is 31.2 Å². The number of piperidine rings is 1. The highest BCUT2D eigenvalue weighted by molar-refractivity contribution is 5.92. The summed E-state index contributed by atoms with van der Waals surface area (Å²) < 4.78 is 0. The van der Waals surface area contributed by atoms with Gasteiger partial charge in [-0.05, 0) is 50.5 Å². The first-order chi connectivity index (χ1) is 12.8. The molecule has 1 aromatic carbocycles. The molecule has 2 aliphatic rings. The Balaban J connectivity index is 0.000000194. The van der Waals surface area contributed by atoms with Crippen molar-refractivity contribution in [3.63, 3.8) is 0 Å². The topological polar surface area (TPSA) is 98.1 Å². The average molecular weight is 373 g/mol. The quantitative estimate of drug-likeness (QED) is 0.753. The second-order valence-corrected chi connectivity index (χ2v) is 7.13. The first-order valence-corrected chi connectivity index (χ1v) is 9.07. The molecule has 6 heteroatoms. The fourth-order valence-corrected chi connectivity index (χ4v) is 3.40. The van der Waals surface area contributed by atoms with Crippen LogP contribution in [0.4, 0.5) is 0 Å². The van der Waals surface area contributed by atoms with Gasteiger partial charge in [0.15, 0.2) is 5.60 Å². The van der Waals surface area contributed by atoms with Gasteiger partial charge in [0.05, 0.1) is 0 Å². The first-order valence-electron chi connectivity index (χ1n) is 9.07. The van der Waals surface area contributed by atoms with Crippen LogP contribution in [-0.4, -0.2) is 57.9 Å². The lowest BCUT2D eigenvalue weighted by atomic mass is 9.79. The molecule has 0 spiro atoms. The smallest absolute Gasteiger partial charge is 0.340 e. The number of carbonyl (C=O) groups is 2. The fourth-order valence-electron chi connectivity index (χ4n) is 3.40. The van der Waals surface area contributed by atoms with Crippen molar-refractivity contribution in [3.8, 4) is 0 Å². The van der Waals surface area contributed by atoms with Gasteiger partial charge < -0.3 is 20.2 Å². The number of carboxylic acids is 2. The van der Waals surface area contributed by atoms with Crippen LogP contribution in [0.3, 0.4) is 0 Å². The third kappa shape index (κ3) is 5.05. The molecule has 0 saturated carbocycles. The van der Waals surface area contributed by atoms with Crippen LogP contribution in [0.15, 0.2) is 54.1 Å². The Morgan fingerprint density at radius 1 is 1.11 bits per heavy atom. The molecule has 3 N–H and O–H groups in total. The summed E-state index contributed by atoms with van der Waals surface area (Å²) in [5.74, 6) is -2.84. The number of benzene rings is 1. The summed E-state index contributed by atoms with van der Waals surface area (Å²) in [6.45, 7) is 3.86. The van der Waals surface area contributed by atoms with Gasteiger partial charge in [-0.15, -0.1) is 0 Å². The zero-order valence-corrected chi connectivity index (χ0v) is 15.7. The lowest BCUT2D eigenvalue weighted by Gasteiger charge is -2.29. The lowest BCUT2D eigenvalue weighted by Crippen LogP contribution is -2.45. The Morgan fingerprint density at radius 2 is 1.70 bits per heavy atom. The Hall–Kier alpha value is -2.44. The average Bonchev–Trinajstić information content (AvgIpc) is 2.65. The number of hydrogen-bond donors (Lipinski definition) is 3. The molecule has 1 fully saturated rings. The molecule has 0 aromatic heterocycles.